The maximum atomic E-state index is 12.7. The Kier molecular flexibility index (Phi) is 4.90. The van der Waals surface area contributed by atoms with Gasteiger partial charge in [-0.3, -0.25) is 4.90 Å². The number of aliphatic imine (C=N–C) groups is 1. The molecular formula is C22H18ClN3O. The minimum atomic E-state index is -0.302. The van der Waals surface area contributed by atoms with E-state index in [9.17, 15) is 4.79 Å². The number of hydrogen-bond donors (Lipinski definition) is 1. The summed E-state index contributed by atoms with van der Waals surface area (Å²) in [6.45, 7) is 0.602. The van der Waals surface area contributed by atoms with Crippen LogP contribution in [0.1, 0.15) is 17.2 Å². The highest BCUT2D eigenvalue weighted by Gasteiger charge is 2.37. The number of nitrogens with one attached hydrogen (secondary N) is 1. The van der Waals surface area contributed by atoms with Gasteiger partial charge in [-0.1, -0.05) is 72.3 Å². The number of amides is 2. The molecule has 1 heterocycles. The van der Waals surface area contributed by atoms with Crippen LogP contribution < -0.4 is 10.2 Å². The number of urea groups is 1. The molecule has 0 bridgehead atoms. The van der Waals surface area contributed by atoms with Crippen molar-refractivity contribution in [2.45, 2.75) is 12.6 Å². The van der Waals surface area contributed by atoms with E-state index >= 15 is 0 Å². The van der Waals surface area contributed by atoms with E-state index in [2.05, 4.69) is 10.3 Å². The molecule has 1 aliphatic heterocycles. The summed E-state index contributed by atoms with van der Waals surface area (Å²) in [5, 5.41) is 3.98. The summed E-state index contributed by atoms with van der Waals surface area (Å²) >= 11 is 6.01. The molecule has 0 unspecified atom stereocenters. The summed E-state index contributed by atoms with van der Waals surface area (Å²) in [6.07, 6.45) is 0. The molecule has 0 radical (unpaired) electrons. The van der Waals surface area contributed by atoms with Crippen LogP contribution in [-0.2, 0) is 6.54 Å². The van der Waals surface area contributed by atoms with Crippen LogP contribution in [0.2, 0.25) is 5.02 Å². The summed E-state index contributed by atoms with van der Waals surface area (Å²) in [6, 6.07) is 26.6. The number of amidine groups is 1. The second-order valence-electron chi connectivity index (χ2n) is 6.28. The average Bonchev–Trinajstić information content (AvgIpc) is 3.04. The Morgan fingerprint density at radius 3 is 2.19 bits per heavy atom. The molecule has 4 nitrogen and oxygen atoms in total. The second-order valence-corrected chi connectivity index (χ2v) is 6.71. The largest absolute Gasteiger partial charge is 0.367 e. The highest BCUT2D eigenvalue weighted by atomic mass is 35.5. The lowest BCUT2D eigenvalue weighted by atomic mass is 10.0. The van der Waals surface area contributed by atoms with Crippen LogP contribution in [0.5, 0.6) is 0 Å². The Hall–Kier alpha value is -3.11. The number of benzene rings is 3. The van der Waals surface area contributed by atoms with Gasteiger partial charge < -0.3 is 5.32 Å². The molecule has 0 fully saturated rings. The van der Waals surface area contributed by atoms with Gasteiger partial charge in [0.1, 0.15) is 11.9 Å². The molecule has 3 aromatic carbocycles. The zero-order valence-electron chi connectivity index (χ0n) is 14.5. The molecule has 134 valence electrons. The minimum Gasteiger partial charge on any atom is -0.367 e. The van der Waals surface area contributed by atoms with Gasteiger partial charge in [-0.2, -0.15) is 4.99 Å². The molecule has 0 aromatic heterocycles. The molecule has 1 N–H and O–H groups in total. The number of rotatable bonds is 4. The summed E-state index contributed by atoms with van der Waals surface area (Å²) < 4.78 is 0. The molecule has 0 saturated heterocycles. The van der Waals surface area contributed by atoms with Crippen LogP contribution in [-0.4, -0.2) is 11.9 Å². The average molecular weight is 376 g/mol. The highest BCUT2D eigenvalue weighted by Crippen LogP contribution is 2.33. The summed E-state index contributed by atoms with van der Waals surface area (Å²) in [7, 11) is 0. The van der Waals surface area contributed by atoms with Crippen molar-refractivity contribution < 1.29 is 4.79 Å². The first-order chi connectivity index (χ1) is 13.2. The first-order valence-corrected chi connectivity index (χ1v) is 9.10. The minimum absolute atomic E-state index is 0.290. The van der Waals surface area contributed by atoms with Crippen molar-refractivity contribution in [3.63, 3.8) is 0 Å². The van der Waals surface area contributed by atoms with Gasteiger partial charge in [0.15, 0.2) is 0 Å². The van der Waals surface area contributed by atoms with E-state index in [1.807, 2.05) is 72.8 Å². The Morgan fingerprint density at radius 2 is 1.52 bits per heavy atom. The van der Waals surface area contributed by atoms with Gasteiger partial charge >= 0.3 is 6.03 Å². The van der Waals surface area contributed by atoms with Gasteiger partial charge in [-0.25, -0.2) is 4.79 Å². The van der Waals surface area contributed by atoms with Crippen molar-refractivity contribution >= 4 is 29.2 Å². The van der Waals surface area contributed by atoms with Crippen molar-refractivity contribution in [3.8, 4) is 0 Å². The van der Waals surface area contributed by atoms with Gasteiger partial charge in [0.05, 0.1) is 0 Å². The monoisotopic (exact) mass is 375 g/mol. The number of carbonyl (C=O) groups excluding carboxylic acids is 1. The van der Waals surface area contributed by atoms with E-state index in [0.717, 1.165) is 16.8 Å². The van der Waals surface area contributed by atoms with Crippen molar-refractivity contribution in [1.29, 1.82) is 0 Å². The van der Waals surface area contributed by atoms with Gasteiger partial charge in [-0.05, 0) is 35.4 Å². The van der Waals surface area contributed by atoms with Crippen molar-refractivity contribution in [2.24, 2.45) is 4.99 Å². The number of halogens is 1. The lowest BCUT2D eigenvalue weighted by Gasteiger charge is -2.26. The van der Waals surface area contributed by atoms with E-state index in [4.69, 9.17) is 11.6 Å². The summed E-state index contributed by atoms with van der Waals surface area (Å²) in [5.74, 6) is 0.644. The van der Waals surface area contributed by atoms with E-state index in [-0.39, 0.29) is 12.1 Å². The predicted molar refractivity (Wildman–Crippen MR) is 109 cm³/mol. The molecule has 1 atom stereocenters. The summed E-state index contributed by atoms with van der Waals surface area (Å²) in [5.41, 5.74) is 2.89. The number of anilines is 1. The molecule has 4 rings (SSSR count). The Balaban J connectivity index is 1.66. The van der Waals surface area contributed by atoms with Crippen LogP contribution in [0.3, 0.4) is 0 Å². The Labute approximate surface area is 163 Å². The van der Waals surface area contributed by atoms with Gasteiger partial charge in [-0.15, -0.1) is 0 Å². The zero-order valence-corrected chi connectivity index (χ0v) is 15.3. The van der Waals surface area contributed by atoms with Crippen LogP contribution in [0.15, 0.2) is 89.9 Å². The summed E-state index contributed by atoms with van der Waals surface area (Å²) in [4.78, 5) is 18.7. The standard InChI is InChI=1S/C22H18ClN3O/c23-18-11-13-19(14-12-18)26-20(17-9-5-2-6-10-17)21(25-22(26)27)24-15-16-7-3-1-4-8-16/h1-14,20H,15H2,(H,24,25,27)/t20-/m1/s1. The third kappa shape index (κ3) is 3.71. The van der Waals surface area contributed by atoms with Gasteiger partial charge in [0, 0.05) is 17.3 Å². The van der Waals surface area contributed by atoms with E-state index in [1.165, 1.54) is 0 Å². The molecule has 0 spiro atoms. The van der Waals surface area contributed by atoms with Crippen LogP contribution in [0, 0.1) is 0 Å². The first kappa shape index (κ1) is 17.3. The molecule has 5 heteroatoms. The predicted octanol–water partition coefficient (Wildman–Crippen LogP) is 5.21. The van der Waals surface area contributed by atoms with Gasteiger partial charge in [0.2, 0.25) is 0 Å². The van der Waals surface area contributed by atoms with Crippen LogP contribution >= 0.6 is 11.6 Å². The quantitative estimate of drug-likeness (QED) is 0.680. The van der Waals surface area contributed by atoms with Gasteiger partial charge in [0.25, 0.3) is 0 Å². The fourth-order valence-electron chi connectivity index (χ4n) is 3.18. The second kappa shape index (κ2) is 7.64. The fraction of sp³-hybridized carbons (Fsp3) is 0.0909. The maximum absolute atomic E-state index is 12.7. The number of nitrogens with zero attached hydrogens (tertiary/aromatic N) is 2. The Bertz CT molecular complexity index is 956. The lowest BCUT2D eigenvalue weighted by molar-refractivity contribution is 0.255. The molecule has 27 heavy (non-hydrogen) atoms. The molecule has 3 aromatic rings. The normalized spacial score (nSPS) is 16.3. The van der Waals surface area contributed by atoms with Crippen LogP contribution in [0.25, 0.3) is 0 Å². The van der Waals surface area contributed by atoms with Crippen molar-refractivity contribution in [2.75, 3.05) is 4.90 Å². The highest BCUT2D eigenvalue weighted by molar-refractivity contribution is 6.30. The molecule has 2 amide bonds. The third-order valence-corrected chi connectivity index (χ3v) is 4.73. The van der Waals surface area contributed by atoms with E-state index in [1.54, 1.807) is 17.0 Å². The number of carbonyl (C=O) groups is 1. The maximum Gasteiger partial charge on any atom is 0.350 e. The molecule has 1 aliphatic rings. The Morgan fingerprint density at radius 1 is 0.889 bits per heavy atom. The van der Waals surface area contributed by atoms with Crippen molar-refractivity contribution in [1.82, 2.24) is 5.32 Å². The third-order valence-electron chi connectivity index (χ3n) is 4.48. The molecule has 0 aliphatic carbocycles. The molecular weight excluding hydrogens is 358 g/mol. The number of hydrogen-bond acceptors (Lipinski definition) is 2. The van der Waals surface area contributed by atoms with E-state index in [0.29, 0.717) is 17.4 Å². The SMILES string of the molecule is O=C1N=C(NCc2ccccc2)[C@@H](c2ccccc2)N1c1ccc(Cl)cc1. The van der Waals surface area contributed by atoms with E-state index < -0.39 is 0 Å². The van der Waals surface area contributed by atoms with Crippen molar-refractivity contribution in [3.05, 3.63) is 101 Å². The fourth-order valence-corrected chi connectivity index (χ4v) is 3.30. The molecule has 0 saturated carbocycles. The van der Waals surface area contributed by atoms with Crippen LogP contribution in [0.4, 0.5) is 10.5 Å². The first-order valence-electron chi connectivity index (χ1n) is 8.72. The smallest absolute Gasteiger partial charge is 0.350 e. The lowest BCUT2D eigenvalue weighted by Crippen LogP contribution is -2.35. The topological polar surface area (TPSA) is 44.7 Å². The zero-order chi connectivity index (χ0) is 18.6.